The van der Waals surface area contributed by atoms with E-state index in [1.807, 2.05) is 0 Å². The number of anilines is 1. The van der Waals surface area contributed by atoms with Crippen molar-refractivity contribution in [2.75, 3.05) is 5.32 Å². The fraction of sp³-hybridized carbons (Fsp3) is 0.286. The molecule has 25 heavy (non-hydrogen) atoms. The molecule has 0 unspecified atom stereocenters. The molecule has 0 spiro atoms. The lowest BCUT2D eigenvalue weighted by Gasteiger charge is -2.29. The van der Waals surface area contributed by atoms with Crippen LogP contribution in [0.5, 0.6) is 5.75 Å². The number of carbonyl (C=O) groups is 2. The van der Waals surface area contributed by atoms with Crippen LogP contribution in [0.3, 0.4) is 0 Å². The Morgan fingerprint density at radius 3 is 2.32 bits per heavy atom. The number of cyclic esters (lactones) is 2. The van der Waals surface area contributed by atoms with E-state index in [-0.39, 0.29) is 15.2 Å². The van der Waals surface area contributed by atoms with E-state index in [0.717, 1.165) is 12.3 Å². The predicted octanol–water partition coefficient (Wildman–Crippen LogP) is 4.13. The molecule has 1 saturated heterocycles. The molecule has 2 rings (SSSR count). The van der Waals surface area contributed by atoms with Gasteiger partial charge in [0.1, 0.15) is 5.69 Å². The molecule has 0 aliphatic carbocycles. The number of hydrogen-bond acceptors (Lipinski definition) is 6. The molecular formula is C14H10BrClF3NO5. The molecule has 0 aromatic heterocycles. The third kappa shape index (κ3) is 5.02. The van der Waals surface area contributed by atoms with Crippen LogP contribution in [0.4, 0.5) is 18.9 Å². The highest BCUT2D eigenvalue weighted by Crippen LogP contribution is 2.39. The Morgan fingerprint density at radius 2 is 1.80 bits per heavy atom. The Kier molecular flexibility index (Phi) is 5.24. The van der Waals surface area contributed by atoms with Crippen LogP contribution in [-0.2, 0) is 19.1 Å². The van der Waals surface area contributed by atoms with Crippen LogP contribution in [0, 0.1) is 0 Å². The summed E-state index contributed by atoms with van der Waals surface area (Å²) in [5, 5.41) is 2.20. The molecule has 11 heteroatoms. The van der Waals surface area contributed by atoms with E-state index in [1.54, 1.807) is 0 Å². The normalized spacial score (nSPS) is 16.8. The first-order valence-corrected chi connectivity index (χ1v) is 7.73. The minimum atomic E-state index is -4.97. The second-order valence-corrected chi connectivity index (χ2v) is 6.51. The maximum atomic E-state index is 12.5. The standard InChI is InChI=1S/C14H10BrClF3NO5/c1-13(2)24-11(21)7(12(22)25-13)5-20-10-8(16)3-6(15)4-9(10)23-14(17,18)19/h3-5,20H,1-2H3. The second-order valence-electron chi connectivity index (χ2n) is 5.19. The zero-order chi connectivity index (χ0) is 19.0. The van der Waals surface area contributed by atoms with Crippen molar-refractivity contribution in [2.45, 2.75) is 26.0 Å². The van der Waals surface area contributed by atoms with E-state index in [1.165, 1.54) is 19.9 Å². The van der Waals surface area contributed by atoms with E-state index in [0.29, 0.717) is 0 Å². The topological polar surface area (TPSA) is 73.9 Å². The van der Waals surface area contributed by atoms with E-state index < -0.39 is 35.4 Å². The lowest BCUT2D eigenvalue weighted by Crippen LogP contribution is -2.42. The van der Waals surface area contributed by atoms with Gasteiger partial charge in [-0.05, 0) is 12.1 Å². The van der Waals surface area contributed by atoms with Crippen molar-refractivity contribution >= 4 is 45.2 Å². The summed E-state index contributed by atoms with van der Waals surface area (Å²) in [5.74, 6) is -4.10. The molecular weight excluding hydrogens is 435 g/mol. The summed E-state index contributed by atoms with van der Waals surface area (Å²) in [6.07, 6.45) is -4.14. The Bertz CT molecular complexity index is 742. The van der Waals surface area contributed by atoms with Crippen molar-refractivity contribution in [2.24, 2.45) is 0 Å². The number of alkyl halides is 3. The third-order valence-corrected chi connectivity index (χ3v) is 3.48. The van der Waals surface area contributed by atoms with Crippen LogP contribution in [0.2, 0.25) is 5.02 Å². The fourth-order valence-corrected chi connectivity index (χ4v) is 2.65. The summed E-state index contributed by atoms with van der Waals surface area (Å²) in [7, 11) is 0. The van der Waals surface area contributed by atoms with Gasteiger partial charge >= 0.3 is 18.3 Å². The molecule has 0 radical (unpaired) electrons. The van der Waals surface area contributed by atoms with Crippen LogP contribution in [0.1, 0.15) is 13.8 Å². The number of hydrogen-bond donors (Lipinski definition) is 1. The van der Waals surface area contributed by atoms with Crippen LogP contribution >= 0.6 is 27.5 Å². The maximum Gasteiger partial charge on any atom is 0.573 e. The van der Waals surface area contributed by atoms with Crippen molar-refractivity contribution in [3.8, 4) is 5.75 Å². The average molecular weight is 445 g/mol. The first-order valence-electron chi connectivity index (χ1n) is 6.56. The molecule has 0 bridgehead atoms. The van der Waals surface area contributed by atoms with Crippen molar-refractivity contribution < 1.29 is 37.0 Å². The molecule has 0 atom stereocenters. The molecule has 1 fully saturated rings. The Balaban J connectivity index is 2.34. The lowest BCUT2D eigenvalue weighted by atomic mass is 10.2. The number of benzene rings is 1. The van der Waals surface area contributed by atoms with Crippen molar-refractivity contribution in [1.29, 1.82) is 0 Å². The minimum Gasteiger partial charge on any atom is -0.419 e. The number of ether oxygens (including phenoxy) is 3. The molecule has 1 aliphatic heterocycles. The van der Waals surface area contributed by atoms with Crippen molar-refractivity contribution in [3.63, 3.8) is 0 Å². The lowest BCUT2D eigenvalue weighted by molar-refractivity contribution is -0.274. The molecule has 1 aliphatic rings. The summed E-state index contributed by atoms with van der Waals surface area (Å²) < 4.78 is 51.4. The predicted molar refractivity (Wildman–Crippen MR) is 83.8 cm³/mol. The zero-order valence-electron chi connectivity index (χ0n) is 12.7. The van der Waals surface area contributed by atoms with Crippen LogP contribution in [-0.4, -0.2) is 24.1 Å². The van der Waals surface area contributed by atoms with E-state index >= 15 is 0 Å². The smallest absolute Gasteiger partial charge is 0.419 e. The highest BCUT2D eigenvalue weighted by Gasteiger charge is 2.39. The molecule has 1 heterocycles. The molecule has 1 N–H and O–H groups in total. The van der Waals surface area contributed by atoms with Gasteiger partial charge in [-0.15, -0.1) is 13.2 Å². The average Bonchev–Trinajstić information content (AvgIpc) is 2.36. The quantitative estimate of drug-likeness (QED) is 0.429. The van der Waals surface area contributed by atoms with Gasteiger partial charge in [-0.3, -0.25) is 0 Å². The van der Waals surface area contributed by atoms with Gasteiger partial charge in [0.25, 0.3) is 5.79 Å². The highest BCUT2D eigenvalue weighted by molar-refractivity contribution is 9.10. The third-order valence-electron chi connectivity index (χ3n) is 2.72. The van der Waals surface area contributed by atoms with E-state index in [4.69, 9.17) is 21.1 Å². The van der Waals surface area contributed by atoms with Gasteiger partial charge in [-0.2, -0.15) is 0 Å². The molecule has 136 valence electrons. The monoisotopic (exact) mass is 443 g/mol. The number of esters is 2. The fourth-order valence-electron chi connectivity index (χ4n) is 1.82. The molecule has 0 saturated carbocycles. The molecule has 6 nitrogen and oxygen atoms in total. The van der Waals surface area contributed by atoms with Gasteiger partial charge in [0.15, 0.2) is 11.3 Å². The van der Waals surface area contributed by atoms with Gasteiger partial charge in [0.05, 0.1) is 5.02 Å². The first kappa shape index (κ1) is 19.4. The Morgan fingerprint density at radius 1 is 1.24 bits per heavy atom. The summed E-state index contributed by atoms with van der Waals surface area (Å²) in [6.45, 7) is 2.71. The van der Waals surface area contributed by atoms with Gasteiger partial charge < -0.3 is 19.5 Å². The molecule has 1 aromatic rings. The Labute approximate surface area is 153 Å². The first-order chi connectivity index (χ1) is 11.4. The minimum absolute atomic E-state index is 0.150. The number of carbonyl (C=O) groups excluding carboxylic acids is 2. The van der Waals surface area contributed by atoms with E-state index in [9.17, 15) is 22.8 Å². The zero-order valence-corrected chi connectivity index (χ0v) is 15.0. The number of nitrogens with one attached hydrogen (secondary N) is 1. The number of halogens is 5. The van der Waals surface area contributed by atoms with E-state index in [2.05, 4.69) is 26.0 Å². The highest BCUT2D eigenvalue weighted by atomic mass is 79.9. The SMILES string of the molecule is CC1(C)OC(=O)C(=CNc2c(Cl)cc(Br)cc2OC(F)(F)F)C(=O)O1. The van der Waals surface area contributed by atoms with Crippen LogP contribution < -0.4 is 10.1 Å². The summed E-state index contributed by atoms with van der Waals surface area (Å²) in [5.41, 5.74) is -0.851. The molecule has 0 amide bonds. The van der Waals surface area contributed by atoms with Crippen molar-refractivity contribution in [1.82, 2.24) is 0 Å². The van der Waals surface area contributed by atoms with Crippen LogP contribution in [0.15, 0.2) is 28.4 Å². The van der Waals surface area contributed by atoms with Crippen molar-refractivity contribution in [3.05, 3.63) is 33.4 Å². The van der Waals surface area contributed by atoms with Crippen LogP contribution in [0.25, 0.3) is 0 Å². The second kappa shape index (κ2) is 6.75. The summed E-state index contributed by atoms with van der Waals surface area (Å²) >= 11 is 8.89. The van der Waals surface area contributed by atoms with Gasteiger partial charge in [-0.1, -0.05) is 27.5 Å². The largest absolute Gasteiger partial charge is 0.573 e. The Hall–Kier alpha value is -1.94. The van der Waals surface area contributed by atoms with Gasteiger partial charge in [0, 0.05) is 24.5 Å². The summed E-state index contributed by atoms with van der Waals surface area (Å²) in [6, 6.07) is 2.31. The molecule has 1 aromatic carbocycles. The maximum absolute atomic E-state index is 12.5. The van der Waals surface area contributed by atoms with Gasteiger partial charge in [0.2, 0.25) is 0 Å². The van der Waals surface area contributed by atoms with Gasteiger partial charge in [-0.25, -0.2) is 9.59 Å². The summed E-state index contributed by atoms with van der Waals surface area (Å²) in [4.78, 5) is 23.6. The number of rotatable bonds is 3.